The first-order valence-electron chi connectivity index (χ1n) is 8.14. The topological polar surface area (TPSA) is 64.6 Å². The molecule has 0 aliphatic carbocycles. The summed E-state index contributed by atoms with van der Waals surface area (Å²) in [7, 11) is 0. The third kappa shape index (κ3) is 6.89. The lowest BCUT2D eigenvalue weighted by Gasteiger charge is -2.12. The van der Waals surface area contributed by atoms with Crippen molar-refractivity contribution >= 4 is 23.6 Å². The number of rotatable bonds is 7. The van der Waals surface area contributed by atoms with Gasteiger partial charge in [-0.1, -0.05) is 29.8 Å². The van der Waals surface area contributed by atoms with Crippen LogP contribution in [0.4, 0.5) is 14.5 Å². The van der Waals surface area contributed by atoms with Crippen LogP contribution in [0.3, 0.4) is 0 Å². The number of ether oxygens (including phenoxy) is 2. The summed E-state index contributed by atoms with van der Waals surface area (Å²) in [6.07, 6.45) is 1.61. The van der Waals surface area contributed by atoms with Gasteiger partial charge in [0.05, 0.1) is 0 Å². The molecule has 0 spiro atoms. The predicted molar refractivity (Wildman–Crippen MR) is 97.5 cm³/mol. The molecule has 0 aromatic heterocycles. The number of carbonyl (C=O) groups is 2. The number of aryl methyl sites for hydroxylation is 1. The molecule has 0 bridgehead atoms. The summed E-state index contributed by atoms with van der Waals surface area (Å²) in [4.78, 5) is 23.9. The number of halogens is 2. The van der Waals surface area contributed by atoms with Gasteiger partial charge < -0.3 is 14.8 Å². The summed E-state index contributed by atoms with van der Waals surface area (Å²) in [5, 5.41) is 2.65. The van der Waals surface area contributed by atoms with Crippen molar-refractivity contribution in [3.63, 3.8) is 0 Å². The van der Waals surface area contributed by atoms with Gasteiger partial charge >= 0.3 is 12.6 Å². The van der Waals surface area contributed by atoms with Crippen molar-refractivity contribution in [3.05, 3.63) is 65.7 Å². The molecule has 0 aliphatic rings. The molecular formula is C20H19F2NO4. The minimum absolute atomic E-state index is 0.0196. The van der Waals surface area contributed by atoms with E-state index in [2.05, 4.69) is 10.1 Å². The van der Waals surface area contributed by atoms with E-state index in [1.807, 2.05) is 19.1 Å². The second-order valence-corrected chi connectivity index (χ2v) is 5.72. The molecule has 1 atom stereocenters. The van der Waals surface area contributed by atoms with Gasteiger partial charge in [-0.3, -0.25) is 4.79 Å². The minimum atomic E-state index is -2.89. The van der Waals surface area contributed by atoms with Gasteiger partial charge in [0, 0.05) is 11.8 Å². The van der Waals surface area contributed by atoms with Gasteiger partial charge in [0.1, 0.15) is 5.75 Å². The van der Waals surface area contributed by atoms with Crippen LogP contribution in [0.1, 0.15) is 18.1 Å². The molecule has 1 N–H and O–H groups in total. The summed E-state index contributed by atoms with van der Waals surface area (Å²) in [6.45, 7) is 0.502. The molecule has 7 heteroatoms. The van der Waals surface area contributed by atoms with Crippen molar-refractivity contribution in [2.75, 3.05) is 5.32 Å². The van der Waals surface area contributed by atoms with Gasteiger partial charge in [0.15, 0.2) is 6.10 Å². The smallest absolute Gasteiger partial charge is 0.387 e. The summed E-state index contributed by atoms with van der Waals surface area (Å²) < 4.78 is 33.5. The normalized spacial score (nSPS) is 12.0. The number of nitrogens with one attached hydrogen (secondary N) is 1. The highest BCUT2D eigenvalue weighted by Gasteiger charge is 2.16. The SMILES string of the molecule is Cc1ccc(NC(=O)[C@H](C)OC(=O)/C=C/c2ccc(OC(F)F)cc2)cc1. The molecule has 2 aromatic carbocycles. The first kappa shape index (κ1) is 20.1. The molecule has 1 amide bonds. The average molecular weight is 375 g/mol. The van der Waals surface area contributed by atoms with Gasteiger partial charge in [-0.25, -0.2) is 4.79 Å². The van der Waals surface area contributed by atoms with Gasteiger partial charge in [0.25, 0.3) is 5.91 Å². The Labute approximate surface area is 155 Å². The largest absolute Gasteiger partial charge is 0.449 e. The van der Waals surface area contributed by atoms with Crippen LogP contribution >= 0.6 is 0 Å². The maximum atomic E-state index is 12.1. The number of anilines is 1. The van der Waals surface area contributed by atoms with Crippen molar-refractivity contribution in [1.29, 1.82) is 0 Å². The molecule has 0 fully saturated rings. The van der Waals surface area contributed by atoms with E-state index < -0.39 is 24.6 Å². The number of esters is 1. The highest BCUT2D eigenvalue weighted by molar-refractivity contribution is 5.96. The zero-order chi connectivity index (χ0) is 19.8. The molecule has 27 heavy (non-hydrogen) atoms. The van der Waals surface area contributed by atoms with Crippen LogP contribution in [0, 0.1) is 6.92 Å². The molecular weight excluding hydrogens is 356 g/mol. The molecule has 2 aromatic rings. The van der Waals surface area contributed by atoms with Crippen molar-refractivity contribution in [2.24, 2.45) is 0 Å². The maximum Gasteiger partial charge on any atom is 0.387 e. The molecule has 2 rings (SSSR count). The molecule has 142 valence electrons. The summed E-state index contributed by atoms with van der Waals surface area (Å²) in [5.41, 5.74) is 2.26. The van der Waals surface area contributed by atoms with Gasteiger partial charge in [-0.2, -0.15) is 8.78 Å². The number of hydrogen-bond donors (Lipinski definition) is 1. The number of hydrogen-bond acceptors (Lipinski definition) is 4. The Morgan fingerprint density at radius 2 is 1.67 bits per heavy atom. The minimum Gasteiger partial charge on any atom is -0.449 e. The zero-order valence-corrected chi connectivity index (χ0v) is 14.8. The summed E-state index contributed by atoms with van der Waals surface area (Å²) >= 11 is 0. The van der Waals surface area contributed by atoms with E-state index >= 15 is 0 Å². The predicted octanol–water partition coefficient (Wildman–Crippen LogP) is 4.18. The van der Waals surface area contributed by atoms with E-state index in [1.165, 1.54) is 37.3 Å². The number of benzene rings is 2. The van der Waals surface area contributed by atoms with Crippen LogP contribution in [0.2, 0.25) is 0 Å². The molecule has 0 aliphatic heterocycles. The summed E-state index contributed by atoms with van der Waals surface area (Å²) in [6, 6.07) is 12.9. The third-order valence-electron chi connectivity index (χ3n) is 3.50. The lowest BCUT2D eigenvalue weighted by atomic mass is 10.2. The fourth-order valence-electron chi connectivity index (χ4n) is 2.07. The average Bonchev–Trinajstić information content (AvgIpc) is 2.62. The Morgan fingerprint density at radius 1 is 1.04 bits per heavy atom. The Bertz CT molecular complexity index is 802. The van der Waals surface area contributed by atoms with Crippen molar-refractivity contribution in [2.45, 2.75) is 26.6 Å². The monoisotopic (exact) mass is 375 g/mol. The Hall–Kier alpha value is -3.22. The van der Waals surface area contributed by atoms with Crippen LogP contribution in [0.15, 0.2) is 54.6 Å². The number of carbonyl (C=O) groups excluding carboxylic acids is 2. The zero-order valence-electron chi connectivity index (χ0n) is 14.8. The maximum absolute atomic E-state index is 12.1. The van der Waals surface area contributed by atoms with E-state index in [4.69, 9.17) is 4.74 Å². The third-order valence-corrected chi connectivity index (χ3v) is 3.50. The number of amides is 1. The van der Waals surface area contributed by atoms with Gasteiger partial charge in [-0.05, 0) is 49.8 Å². The molecule has 5 nitrogen and oxygen atoms in total. The molecule has 0 unspecified atom stereocenters. The molecule has 0 saturated carbocycles. The highest BCUT2D eigenvalue weighted by Crippen LogP contribution is 2.16. The lowest BCUT2D eigenvalue weighted by Crippen LogP contribution is -2.29. The Kier molecular flexibility index (Phi) is 7.05. The van der Waals surface area contributed by atoms with Crippen LogP contribution in [-0.2, 0) is 14.3 Å². The molecule has 0 radical (unpaired) electrons. The van der Waals surface area contributed by atoms with Crippen LogP contribution in [-0.4, -0.2) is 24.6 Å². The first-order chi connectivity index (χ1) is 12.8. The fraction of sp³-hybridized carbons (Fsp3) is 0.200. The van der Waals surface area contributed by atoms with Crippen molar-refractivity contribution < 1.29 is 27.8 Å². The number of alkyl halides is 2. The molecule has 0 saturated heterocycles. The fourth-order valence-corrected chi connectivity index (χ4v) is 2.07. The van der Waals surface area contributed by atoms with E-state index in [-0.39, 0.29) is 5.75 Å². The van der Waals surface area contributed by atoms with Crippen LogP contribution in [0.5, 0.6) is 5.75 Å². The van der Waals surface area contributed by atoms with E-state index in [9.17, 15) is 18.4 Å². The summed E-state index contributed by atoms with van der Waals surface area (Å²) in [5.74, 6) is -1.13. The second kappa shape index (κ2) is 9.47. The van der Waals surface area contributed by atoms with Crippen LogP contribution in [0.25, 0.3) is 6.08 Å². The van der Waals surface area contributed by atoms with Gasteiger partial charge in [-0.15, -0.1) is 0 Å². The van der Waals surface area contributed by atoms with E-state index in [0.29, 0.717) is 11.3 Å². The molecule has 0 heterocycles. The van der Waals surface area contributed by atoms with E-state index in [0.717, 1.165) is 11.6 Å². The van der Waals surface area contributed by atoms with Crippen LogP contribution < -0.4 is 10.1 Å². The first-order valence-corrected chi connectivity index (χ1v) is 8.14. The van der Waals surface area contributed by atoms with E-state index in [1.54, 1.807) is 12.1 Å². The van der Waals surface area contributed by atoms with Crippen molar-refractivity contribution in [1.82, 2.24) is 0 Å². The highest BCUT2D eigenvalue weighted by atomic mass is 19.3. The van der Waals surface area contributed by atoms with Crippen molar-refractivity contribution in [3.8, 4) is 5.75 Å². The Morgan fingerprint density at radius 3 is 2.26 bits per heavy atom. The lowest BCUT2D eigenvalue weighted by molar-refractivity contribution is -0.148. The standard InChI is InChI=1S/C20H19F2NO4/c1-13-3-8-16(9-4-13)23-19(25)14(2)26-18(24)12-7-15-5-10-17(11-6-15)27-20(21)22/h3-12,14,20H,1-2H3,(H,23,25)/b12-7+/t14-/m0/s1. The Balaban J connectivity index is 1.85. The second-order valence-electron chi connectivity index (χ2n) is 5.72. The quantitative estimate of drug-likeness (QED) is 0.582. The van der Waals surface area contributed by atoms with Gasteiger partial charge in [0.2, 0.25) is 0 Å².